The quantitative estimate of drug-likeness (QED) is 0.818. The van der Waals surface area contributed by atoms with Gasteiger partial charge in [0.25, 0.3) is 0 Å². The van der Waals surface area contributed by atoms with Gasteiger partial charge >= 0.3 is 0 Å². The predicted molar refractivity (Wildman–Crippen MR) is 84.9 cm³/mol. The third-order valence-electron chi connectivity index (χ3n) is 3.55. The van der Waals surface area contributed by atoms with E-state index in [-0.39, 0.29) is 0 Å². The van der Waals surface area contributed by atoms with Crippen LogP contribution < -0.4 is 5.32 Å². The second kappa shape index (κ2) is 6.88. The van der Waals surface area contributed by atoms with E-state index in [2.05, 4.69) is 61.1 Å². The van der Waals surface area contributed by atoms with E-state index in [4.69, 9.17) is 0 Å². The van der Waals surface area contributed by atoms with Crippen molar-refractivity contribution < 1.29 is 0 Å². The van der Waals surface area contributed by atoms with E-state index in [1.165, 1.54) is 28.7 Å². The van der Waals surface area contributed by atoms with Crippen LogP contribution in [0.1, 0.15) is 35.6 Å². The van der Waals surface area contributed by atoms with E-state index in [1.807, 2.05) is 0 Å². The largest absolute Gasteiger partial charge is 0.310 e. The summed E-state index contributed by atoms with van der Waals surface area (Å²) in [4.78, 5) is 0. The van der Waals surface area contributed by atoms with Crippen LogP contribution >= 0.6 is 11.3 Å². The van der Waals surface area contributed by atoms with Gasteiger partial charge in [0.2, 0.25) is 0 Å². The molecule has 1 N–H and O–H groups in total. The molecular weight excluding hydrogens is 250 g/mol. The fourth-order valence-corrected chi connectivity index (χ4v) is 3.06. The van der Waals surface area contributed by atoms with Crippen LogP contribution in [0.5, 0.6) is 0 Å². The Balaban J connectivity index is 1.76. The molecule has 2 aromatic rings. The lowest BCUT2D eigenvalue weighted by molar-refractivity contribution is 0.514. The molecule has 19 heavy (non-hydrogen) atoms. The molecule has 0 radical (unpaired) electrons. The highest BCUT2D eigenvalue weighted by Crippen LogP contribution is 2.14. The third-order valence-corrected chi connectivity index (χ3v) is 4.46. The summed E-state index contributed by atoms with van der Waals surface area (Å²) in [6.07, 6.45) is 2.34. The molecule has 0 spiro atoms. The minimum Gasteiger partial charge on any atom is -0.310 e. The van der Waals surface area contributed by atoms with E-state index in [0.29, 0.717) is 6.04 Å². The summed E-state index contributed by atoms with van der Waals surface area (Å²) in [7, 11) is 0. The van der Waals surface area contributed by atoms with Crippen molar-refractivity contribution in [2.75, 3.05) is 0 Å². The van der Waals surface area contributed by atoms with Crippen molar-refractivity contribution in [3.8, 4) is 0 Å². The fourth-order valence-electron chi connectivity index (χ4n) is 2.21. The molecule has 1 atom stereocenters. The Hall–Kier alpha value is -1.12. The van der Waals surface area contributed by atoms with Gasteiger partial charge in [-0.2, -0.15) is 11.3 Å². The summed E-state index contributed by atoms with van der Waals surface area (Å²) >= 11 is 1.79. The summed E-state index contributed by atoms with van der Waals surface area (Å²) in [5, 5.41) is 8.08. The predicted octanol–water partition coefficient (Wildman–Crippen LogP) is 4.48. The van der Waals surface area contributed by atoms with Gasteiger partial charge in [0, 0.05) is 12.6 Å². The number of benzene rings is 1. The van der Waals surface area contributed by atoms with Crippen LogP contribution in [0.25, 0.3) is 0 Å². The molecule has 1 nitrogen and oxygen atoms in total. The average Bonchev–Trinajstić information content (AvgIpc) is 2.80. The summed E-state index contributed by atoms with van der Waals surface area (Å²) in [5.41, 5.74) is 5.64. The summed E-state index contributed by atoms with van der Waals surface area (Å²) < 4.78 is 0. The first-order valence-corrected chi connectivity index (χ1v) is 7.90. The SMILES string of the molecule is Cc1cccc(CCC(C)NCc2cscc2C)c1. The Labute approximate surface area is 120 Å². The van der Waals surface area contributed by atoms with Gasteiger partial charge in [-0.25, -0.2) is 0 Å². The number of aryl methyl sites for hydroxylation is 3. The maximum Gasteiger partial charge on any atom is 0.0218 e. The van der Waals surface area contributed by atoms with Gasteiger partial charge in [0.15, 0.2) is 0 Å². The Morgan fingerprint density at radius 2 is 2.05 bits per heavy atom. The van der Waals surface area contributed by atoms with Gasteiger partial charge in [-0.3, -0.25) is 0 Å². The molecule has 0 saturated heterocycles. The molecule has 0 saturated carbocycles. The van der Waals surface area contributed by atoms with Gasteiger partial charge in [-0.05, 0) is 61.1 Å². The van der Waals surface area contributed by atoms with E-state index in [9.17, 15) is 0 Å². The van der Waals surface area contributed by atoms with Crippen LogP contribution in [0, 0.1) is 13.8 Å². The van der Waals surface area contributed by atoms with Crippen molar-refractivity contribution in [3.63, 3.8) is 0 Å². The zero-order valence-electron chi connectivity index (χ0n) is 12.1. The molecule has 1 aromatic carbocycles. The van der Waals surface area contributed by atoms with Crippen LogP contribution in [-0.2, 0) is 13.0 Å². The molecule has 102 valence electrons. The first kappa shape index (κ1) is 14.3. The van der Waals surface area contributed by atoms with Gasteiger partial charge in [-0.1, -0.05) is 29.8 Å². The van der Waals surface area contributed by atoms with Gasteiger partial charge < -0.3 is 5.32 Å². The highest BCUT2D eigenvalue weighted by Gasteiger charge is 2.04. The smallest absolute Gasteiger partial charge is 0.0218 e. The molecule has 1 heterocycles. The number of hydrogen-bond acceptors (Lipinski definition) is 2. The molecule has 0 aliphatic rings. The lowest BCUT2D eigenvalue weighted by Crippen LogP contribution is -2.26. The highest BCUT2D eigenvalue weighted by atomic mass is 32.1. The van der Waals surface area contributed by atoms with Crippen LogP contribution in [0.2, 0.25) is 0 Å². The van der Waals surface area contributed by atoms with Crippen molar-refractivity contribution in [2.45, 2.75) is 46.2 Å². The minimum absolute atomic E-state index is 0.555. The Morgan fingerprint density at radius 1 is 1.21 bits per heavy atom. The monoisotopic (exact) mass is 273 g/mol. The van der Waals surface area contributed by atoms with Crippen LogP contribution in [0.4, 0.5) is 0 Å². The molecule has 0 bridgehead atoms. The molecule has 0 amide bonds. The lowest BCUT2D eigenvalue weighted by atomic mass is 10.0. The first-order chi connectivity index (χ1) is 9.15. The molecule has 0 aliphatic carbocycles. The van der Waals surface area contributed by atoms with Crippen molar-refractivity contribution in [2.24, 2.45) is 0 Å². The molecule has 1 unspecified atom stereocenters. The van der Waals surface area contributed by atoms with Crippen LogP contribution in [0.3, 0.4) is 0 Å². The second-order valence-corrected chi connectivity index (χ2v) is 6.13. The fraction of sp³-hybridized carbons (Fsp3) is 0.412. The molecule has 2 rings (SSSR count). The number of rotatable bonds is 6. The Bertz CT molecular complexity index is 515. The second-order valence-electron chi connectivity index (χ2n) is 5.39. The van der Waals surface area contributed by atoms with Gasteiger partial charge in [0.1, 0.15) is 0 Å². The van der Waals surface area contributed by atoms with E-state index >= 15 is 0 Å². The molecule has 1 aromatic heterocycles. The molecular formula is C17H23NS. The Kier molecular flexibility index (Phi) is 5.17. The zero-order chi connectivity index (χ0) is 13.7. The molecule has 0 aliphatic heterocycles. The average molecular weight is 273 g/mol. The minimum atomic E-state index is 0.555. The van der Waals surface area contributed by atoms with Crippen molar-refractivity contribution in [1.29, 1.82) is 0 Å². The highest BCUT2D eigenvalue weighted by molar-refractivity contribution is 7.08. The first-order valence-electron chi connectivity index (χ1n) is 6.96. The Morgan fingerprint density at radius 3 is 2.74 bits per heavy atom. The number of thiophene rings is 1. The maximum atomic E-state index is 3.62. The van der Waals surface area contributed by atoms with Gasteiger partial charge in [-0.15, -0.1) is 0 Å². The van der Waals surface area contributed by atoms with Crippen LogP contribution in [0.15, 0.2) is 35.0 Å². The lowest BCUT2D eigenvalue weighted by Gasteiger charge is -2.14. The maximum absolute atomic E-state index is 3.62. The standard InChI is InChI=1S/C17H23NS/c1-13-5-4-6-16(9-13)8-7-15(3)18-10-17-12-19-11-14(17)2/h4-6,9,11-12,15,18H,7-8,10H2,1-3H3. The number of nitrogens with one attached hydrogen (secondary N) is 1. The van der Waals surface area contributed by atoms with E-state index < -0.39 is 0 Å². The summed E-state index contributed by atoms with van der Waals surface area (Å²) in [5.74, 6) is 0. The number of hydrogen-bond donors (Lipinski definition) is 1. The third kappa shape index (κ3) is 4.48. The zero-order valence-corrected chi connectivity index (χ0v) is 12.9. The van der Waals surface area contributed by atoms with Crippen LogP contribution in [-0.4, -0.2) is 6.04 Å². The summed E-state index contributed by atoms with van der Waals surface area (Å²) in [6.45, 7) is 7.61. The molecule has 0 fully saturated rings. The van der Waals surface area contributed by atoms with Crippen molar-refractivity contribution in [1.82, 2.24) is 5.32 Å². The topological polar surface area (TPSA) is 12.0 Å². The summed E-state index contributed by atoms with van der Waals surface area (Å²) in [6, 6.07) is 9.38. The van der Waals surface area contributed by atoms with Gasteiger partial charge in [0.05, 0.1) is 0 Å². The van der Waals surface area contributed by atoms with E-state index in [0.717, 1.165) is 13.0 Å². The van der Waals surface area contributed by atoms with Crippen molar-refractivity contribution >= 4 is 11.3 Å². The van der Waals surface area contributed by atoms with E-state index in [1.54, 1.807) is 11.3 Å². The van der Waals surface area contributed by atoms with Crippen molar-refractivity contribution in [3.05, 3.63) is 57.3 Å². The normalized spacial score (nSPS) is 12.6. The molecule has 2 heteroatoms.